The van der Waals surface area contributed by atoms with Gasteiger partial charge in [-0.25, -0.2) is 0 Å². The molecule has 21 heavy (non-hydrogen) atoms. The highest BCUT2D eigenvalue weighted by atomic mass is 16.5. The lowest BCUT2D eigenvalue weighted by Crippen LogP contribution is -2.08. The summed E-state index contributed by atoms with van der Waals surface area (Å²) in [6.45, 7) is 2.09. The molecule has 0 radical (unpaired) electrons. The third-order valence-corrected chi connectivity index (χ3v) is 3.40. The number of methoxy groups -OCH3 is 2. The molecule has 0 aliphatic rings. The highest BCUT2D eigenvalue weighted by Crippen LogP contribution is 2.31. The van der Waals surface area contributed by atoms with E-state index in [1.807, 2.05) is 42.5 Å². The Kier molecular flexibility index (Phi) is 5.06. The maximum Gasteiger partial charge on any atom is 0.124 e. The highest BCUT2D eigenvalue weighted by molar-refractivity contribution is 5.50. The predicted molar refractivity (Wildman–Crippen MR) is 83.9 cm³/mol. The van der Waals surface area contributed by atoms with Gasteiger partial charge in [0.2, 0.25) is 0 Å². The van der Waals surface area contributed by atoms with Crippen molar-refractivity contribution in [3.63, 3.8) is 0 Å². The van der Waals surface area contributed by atoms with Crippen molar-refractivity contribution in [3.8, 4) is 11.5 Å². The lowest BCUT2D eigenvalue weighted by molar-refractivity contribution is 0.282. The van der Waals surface area contributed by atoms with E-state index in [9.17, 15) is 5.11 Å². The van der Waals surface area contributed by atoms with Crippen LogP contribution in [-0.4, -0.2) is 19.3 Å². The molecule has 0 heterocycles. The van der Waals surface area contributed by atoms with Gasteiger partial charge in [-0.3, -0.25) is 0 Å². The van der Waals surface area contributed by atoms with Crippen molar-refractivity contribution in [2.75, 3.05) is 19.5 Å². The molecule has 2 aromatic rings. The summed E-state index contributed by atoms with van der Waals surface area (Å²) in [6.07, 6.45) is 0. The molecule has 2 N–H and O–H groups in total. The summed E-state index contributed by atoms with van der Waals surface area (Å²) in [4.78, 5) is 0. The number of aliphatic hydroxyl groups is 1. The number of nitrogens with one attached hydrogen (secondary N) is 1. The second kappa shape index (κ2) is 6.99. The van der Waals surface area contributed by atoms with E-state index in [4.69, 9.17) is 9.47 Å². The van der Waals surface area contributed by atoms with Gasteiger partial charge >= 0.3 is 0 Å². The molecule has 1 unspecified atom stereocenters. The molecule has 4 heteroatoms. The normalized spacial score (nSPS) is 11.8. The minimum absolute atomic E-state index is 0.0341. The molecule has 0 saturated carbocycles. The lowest BCUT2D eigenvalue weighted by atomic mass is 10.1. The number of aliphatic hydroxyl groups excluding tert-OH is 1. The fraction of sp³-hybridized carbons (Fsp3) is 0.294. The van der Waals surface area contributed by atoms with Crippen molar-refractivity contribution in [2.45, 2.75) is 19.6 Å². The van der Waals surface area contributed by atoms with Gasteiger partial charge in [0, 0.05) is 11.3 Å². The van der Waals surface area contributed by atoms with Gasteiger partial charge in [-0.2, -0.15) is 0 Å². The van der Waals surface area contributed by atoms with Crippen LogP contribution in [0.4, 0.5) is 5.69 Å². The number of rotatable bonds is 6. The smallest absolute Gasteiger partial charge is 0.124 e. The van der Waals surface area contributed by atoms with Gasteiger partial charge < -0.3 is 19.9 Å². The predicted octanol–water partition coefficient (Wildman–Crippen LogP) is 3.37. The number of hydrogen-bond donors (Lipinski definition) is 2. The topological polar surface area (TPSA) is 50.7 Å². The summed E-state index contributed by atoms with van der Waals surface area (Å²) in [5.41, 5.74) is 2.86. The maximum absolute atomic E-state index is 9.20. The minimum atomic E-state index is 0.0341. The van der Waals surface area contributed by atoms with Crippen LogP contribution < -0.4 is 14.8 Å². The first kappa shape index (κ1) is 15.2. The summed E-state index contributed by atoms with van der Waals surface area (Å²) in [5.74, 6) is 1.61. The molecular formula is C17H21NO3. The van der Waals surface area contributed by atoms with Crippen LogP contribution in [0.25, 0.3) is 0 Å². The molecule has 0 saturated heterocycles. The largest absolute Gasteiger partial charge is 0.497 e. The third kappa shape index (κ3) is 3.67. The second-order valence-electron chi connectivity index (χ2n) is 4.83. The Morgan fingerprint density at radius 2 is 1.90 bits per heavy atom. The first-order valence-electron chi connectivity index (χ1n) is 6.86. The SMILES string of the molecule is COc1ccc(OC)c(C(C)Nc2cccc(CO)c2)c1. The fourth-order valence-corrected chi connectivity index (χ4v) is 2.27. The van der Waals surface area contributed by atoms with Crippen LogP contribution in [0.15, 0.2) is 42.5 Å². The Morgan fingerprint density at radius 3 is 2.57 bits per heavy atom. The Labute approximate surface area is 125 Å². The zero-order valence-corrected chi connectivity index (χ0v) is 12.6. The highest BCUT2D eigenvalue weighted by Gasteiger charge is 2.13. The average Bonchev–Trinajstić information content (AvgIpc) is 2.54. The first-order valence-corrected chi connectivity index (χ1v) is 6.86. The fourth-order valence-electron chi connectivity index (χ4n) is 2.27. The van der Waals surface area contributed by atoms with E-state index in [0.29, 0.717) is 0 Å². The number of ether oxygens (including phenoxy) is 2. The van der Waals surface area contributed by atoms with Crippen LogP contribution in [0, 0.1) is 0 Å². The lowest BCUT2D eigenvalue weighted by Gasteiger charge is -2.19. The summed E-state index contributed by atoms with van der Waals surface area (Å²) in [6, 6.07) is 13.5. The van der Waals surface area contributed by atoms with E-state index in [1.54, 1.807) is 14.2 Å². The molecule has 2 rings (SSSR count). The minimum Gasteiger partial charge on any atom is -0.497 e. The van der Waals surface area contributed by atoms with Crippen LogP contribution in [0.1, 0.15) is 24.1 Å². The Hall–Kier alpha value is -2.20. The van der Waals surface area contributed by atoms with E-state index >= 15 is 0 Å². The van der Waals surface area contributed by atoms with Crippen LogP contribution in [0.5, 0.6) is 11.5 Å². The Balaban J connectivity index is 2.24. The molecule has 0 amide bonds. The summed E-state index contributed by atoms with van der Waals surface area (Å²) < 4.78 is 10.7. The molecule has 0 bridgehead atoms. The zero-order valence-electron chi connectivity index (χ0n) is 12.6. The molecule has 2 aromatic carbocycles. The van der Waals surface area contributed by atoms with Crippen molar-refractivity contribution < 1.29 is 14.6 Å². The molecule has 0 aliphatic carbocycles. The number of benzene rings is 2. The van der Waals surface area contributed by atoms with Gasteiger partial charge in [0.15, 0.2) is 0 Å². The van der Waals surface area contributed by atoms with Gasteiger partial charge in [-0.15, -0.1) is 0 Å². The van der Waals surface area contributed by atoms with Gasteiger partial charge in [-0.1, -0.05) is 12.1 Å². The second-order valence-corrected chi connectivity index (χ2v) is 4.83. The summed E-state index contributed by atoms with van der Waals surface area (Å²) in [5, 5.41) is 12.6. The average molecular weight is 287 g/mol. The Bertz CT molecular complexity index is 598. The Morgan fingerprint density at radius 1 is 1.10 bits per heavy atom. The molecule has 1 atom stereocenters. The van der Waals surface area contributed by atoms with E-state index in [-0.39, 0.29) is 12.6 Å². The molecule has 0 aromatic heterocycles. The van der Waals surface area contributed by atoms with Gasteiger partial charge in [0.05, 0.1) is 26.9 Å². The van der Waals surface area contributed by atoms with Crippen LogP contribution in [0.3, 0.4) is 0 Å². The quantitative estimate of drug-likeness (QED) is 0.855. The molecule has 0 fully saturated rings. The van der Waals surface area contributed by atoms with Crippen LogP contribution >= 0.6 is 0 Å². The number of anilines is 1. The van der Waals surface area contributed by atoms with Crippen molar-refractivity contribution in [1.29, 1.82) is 0 Å². The molecule has 0 spiro atoms. The standard InChI is InChI=1S/C17H21NO3/c1-12(18-14-6-4-5-13(9-14)11-19)16-10-15(20-2)7-8-17(16)21-3/h4-10,12,18-19H,11H2,1-3H3. The molecular weight excluding hydrogens is 266 g/mol. The molecule has 0 aliphatic heterocycles. The van der Waals surface area contributed by atoms with Crippen LogP contribution in [-0.2, 0) is 6.61 Å². The van der Waals surface area contributed by atoms with E-state index in [0.717, 1.165) is 28.3 Å². The van der Waals surface area contributed by atoms with Crippen molar-refractivity contribution in [2.24, 2.45) is 0 Å². The summed E-state index contributed by atoms with van der Waals surface area (Å²) >= 11 is 0. The maximum atomic E-state index is 9.20. The van der Waals surface area contributed by atoms with Gasteiger partial charge in [0.25, 0.3) is 0 Å². The first-order chi connectivity index (χ1) is 10.2. The van der Waals surface area contributed by atoms with Gasteiger partial charge in [0.1, 0.15) is 11.5 Å². The van der Waals surface area contributed by atoms with E-state index in [1.165, 1.54) is 0 Å². The van der Waals surface area contributed by atoms with Crippen molar-refractivity contribution in [1.82, 2.24) is 0 Å². The molecule has 112 valence electrons. The summed E-state index contributed by atoms with van der Waals surface area (Å²) in [7, 11) is 3.30. The zero-order chi connectivity index (χ0) is 15.2. The number of hydrogen-bond acceptors (Lipinski definition) is 4. The van der Waals surface area contributed by atoms with Crippen molar-refractivity contribution >= 4 is 5.69 Å². The van der Waals surface area contributed by atoms with Gasteiger partial charge in [-0.05, 0) is 42.8 Å². The monoisotopic (exact) mass is 287 g/mol. The van der Waals surface area contributed by atoms with Crippen LogP contribution in [0.2, 0.25) is 0 Å². The molecule has 4 nitrogen and oxygen atoms in total. The third-order valence-electron chi connectivity index (χ3n) is 3.40. The van der Waals surface area contributed by atoms with E-state index in [2.05, 4.69) is 12.2 Å². The van der Waals surface area contributed by atoms with E-state index < -0.39 is 0 Å². The van der Waals surface area contributed by atoms with Crippen molar-refractivity contribution in [3.05, 3.63) is 53.6 Å².